The molecule has 0 aromatic carbocycles. The molecule has 1 atom stereocenters. The first-order valence-electron chi connectivity index (χ1n) is 6.39. The third-order valence-corrected chi connectivity index (χ3v) is 3.67. The van der Waals surface area contributed by atoms with Gasteiger partial charge >= 0.3 is 0 Å². The molecule has 0 saturated carbocycles. The Bertz CT molecular complexity index is 232. The predicted molar refractivity (Wildman–Crippen MR) is 74.5 cm³/mol. The van der Waals surface area contributed by atoms with Gasteiger partial charge < -0.3 is 10.6 Å². The Morgan fingerprint density at radius 2 is 1.88 bits per heavy atom. The third kappa shape index (κ3) is 6.27. The van der Waals surface area contributed by atoms with Crippen molar-refractivity contribution in [3.05, 3.63) is 0 Å². The van der Waals surface area contributed by atoms with Crippen LogP contribution in [0, 0.1) is 11.3 Å². The number of hydrogen-bond acceptors (Lipinski definition) is 2. The molecule has 4 heteroatoms. The van der Waals surface area contributed by atoms with Crippen LogP contribution in [0.5, 0.6) is 0 Å². The molecule has 0 spiro atoms. The second kappa shape index (κ2) is 7.22. The highest BCUT2D eigenvalue weighted by atomic mass is 35.5. The normalized spacial score (nSPS) is 19.3. The molecular formula is C13H27ClN2O. The average molecular weight is 263 g/mol. The van der Waals surface area contributed by atoms with Crippen LogP contribution in [-0.4, -0.2) is 25.0 Å². The molecule has 17 heavy (non-hydrogen) atoms. The Morgan fingerprint density at radius 1 is 1.35 bits per heavy atom. The third-order valence-electron chi connectivity index (χ3n) is 3.67. The van der Waals surface area contributed by atoms with E-state index in [1.54, 1.807) is 0 Å². The van der Waals surface area contributed by atoms with Gasteiger partial charge in [0.25, 0.3) is 0 Å². The Morgan fingerprint density at radius 3 is 2.35 bits per heavy atom. The van der Waals surface area contributed by atoms with Gasteiger partial charge in [0, 0.05) is 12.5 Å². The maximum Gasteiger partial charge on any atom is 0.220 e. The van der Waals surface area contributed by atoms with E-state index in [0.29, 0.717) is 18.4 Å². The lowest BCUT2D eigenvalue weighted by atomic mass is 9.80. The van der Waals surface area contributed by atoms with Gasteiger partial charge in [0.15, 0.2) is 0 Å². The summed E-state index contributed by atoms with van der Waals surface area (Å²) in [6.07, 6.45) is 2.78. The van der Waals surface area contributed by atoms with E-state index in [9.17, 15) is 4.79 Å². The van der Waals surface area contributed by atoms with Gasteiger partial charge in [-0.25, -0.2) is 0 Å². The summed E-state index contributed by atoms with van der Waals surface area (Å²) in [7, 11) is 0. The Hall–Kier alpha value is -0.280. The molecule has 1 unspecified atom stereocenters. The van der Waals surface area contributed by atoms with Gasteiger partial charge in [0.05, 0.1) is 0 Å². The minimum Gasteiger partial charge on any atom is -0.353 e. The summed E-state index contributed by atoms with van der Waals surface area (Å²) in [6, 6.07) is 0.390. The fourth-order valence-electron chi connectivity index (χ4n) is 1.84. The van der Waals surface area contributed by atoms with Crippen molar-refractivity contribution in [2.45, 2.75) is 53.0 Å². The largest absolute Gasteiger partial charge is 0.353 e. The monoisotopic (exact) mass is 262 g/mol. The fourth-order valence-corrected chi connectivity index (χ4v) is 1.84. The molecular weight excluding hydrogens is 236 g/mol. The molecule has 0 aliphatic carbocycles. The van der Waals surface area contributed by atoms with Crippen molar-refractivity contribution in [2.75, 3.05) is 13.1 Å². The smallest absolute Gasteiger partial charge is 0.220 e. The quantitative estimate of drug-likeness (QED) is 0.820. The molecule has 1 amide bonds. The number of nitrogens with one attached hydrogen (secondary N) is 2. The molecule has 0 aromatic rings. The highest BCUT2D eigenvalue weighted by Crippen LogP contribution is 2.27. The molecule has 102 valence electrons. The number of amides is 1. The molecule has 1 fully saturated rings. The molecule has 1 saturated heterocycles. The zero-order chi connectivity index (χ0) is 12.2. The SMILES string of the molecule is CC(CC(=O)NC1CCNCC1)C(C)(C)C.Cl. The van der Waals surface area contributed by atoms with Crippen molar-refractivity contribution < 1.29 is 4.79 Å². The minimum atomic E-state index is 0. The molecule has 1 aliphatic rings. The van der Waals surface area contributed by atoms with Crippen LogP contribution in [0.15, 0.2) is 0 Å². The van der Waals surface area contributed by atoms with Gasteiger partial charge in [-0.15, -0.1) is 12.4 Å². The number of halogens is 1. The molecule has 2 N–H and O–H groups in total. The van der Waals surface area contributed by atoms with Crippen molar-refractivity contribution in [3.63, 3.8) is 0 Å². The molecule has 0 radical (unpaired) electrons. The lowest BCUT2D eigenvalue weighted by Gasteiger charge is -2.28. The zero-order valence-electron chi connectivity index (χ0n) is 11.5. The highest BCUT2D eigenvalue weighted by Gasteiger charge is 2.23. The van der Waals surface area contributed by atoms with E-state index < -0.39 is 0 Å². The van der Waals surface area contributed by atoms with Crippen LogP contribution >= 0.6 is 12.4 Å². The molecule has 0 aromatic heterocycles. The molecule has 1 rings (SSSR count). The van der Waals surface area contributed by atoms with E-state index >= 15 is 0 Å². The van der Waals surface area contributed by atoms with Crippen molar-refractivity contribution in [2.24, 2.45) is 11.3 Å². The van der Waals surface area contributed by atoms with E-state index in [1.807, 2.05) is 0 Å². The van der Waals surface area contributed by atoms with Gasteiger partial charge in [0.2, 0.25) is 5.91 Å². The highest BCUT2D eigenvalue weighted by molar-refractivity contribution is 5.85. The number of hydrogen-bond donors (Lipinski definition) is 2. The maximum atomic E-state index is 11.8. The van der Waals surface area contributed by atoms with Gasteiger partial charge in [-0.1, -0.05) is 27.7 Å². The van der Waals surface area contributed by atoms with Gasteiger partial charge in [0.1, 0.15) is 0 Å². The maximum absolute atomic E-state index is 11.8. The van der Waals surface area contributed by atoms with E-state index in [1.165, 1.54) is 0 Å². The van der Waals surface area contributed by atoms with Crippen LogP contribution < -0.4 is 10.6 Å². The van der Waals surface area contributed by atoms with Crippen LogP contribution in [0.25, 0.3) is 0 Å². The number of carbonyl (C=O) groups excluding carboxylic acids is 1. The zero-order valence-corrected chi connectivity index (χ0v) is 12.3. The molecule has 1 aliphatic heterocycles. The first-order chi connectivity index (χ1) is 7.39. The van der Waals surface area contributed by atoms with Crippen LogP contribution in [-0.2, 0) is 4.79 Å². The summed E-state index contributed by atoms with van der Waals surface area (Å²) in [5, 5.41) is 6.44. The Kier molecular flexibility index (Phi) is 7.10. The molecule has 1 heterocycles. The topological polar surface area (TPSA) is 41.1 Å². The fraction of sp³-hybridized carbons (Fsp3) is 0.923. The van der Waals surface area contributed by atoms with Gasteiger partial charge in [-0.3, -0.25) is 4.79 Å². The predicted octanol–water partition coefficient (Wildman–Crippen LogP) is 2.35. The number of piperidine rings is 1. The summed E-state index contributed by atoms with van der Waals surface area (Å²) >= 11 is 0. The van der Waals surface area contributed by atoms with Gasteiger partial charge in [-0.2, -0.15) is 0 Å². The summed E-state index contributed by atoms with van der Waals surface area (Å²) in [5.74, 6) is 0.642. The van der Waals surface area contributed by atoms with E-state index in [4.69, 9.17) is 0 Å². The first-order valence-corrected chi connectivity index (χ1v) is 6.39. The van der Waals surface area contributed by atoms with Crippen LogP contribution in [0.1, 0.15) is 47.0 Å². The second-order valence-corrected chi connectivity index (χ2v) is 6.06. The lowest BCUT2D eigenvalue weighted by molar-refractivity contribution is -0.123. The van der Waals surface area contributed by atoms with E-state index in [-0.39, 0.29) is 23.7 Å². The van der Waals surface area contributed by atoms with E-state index in [0.717, 1.165) is 25.9 Å². The van der Waals surface area contributed by atoms with Crippen LogP contribution in [0.3, 0.4) is 0 Å². The number of rotatable bonds is 3. The summed E-state index contributed by atoms with van der Waals surface area (Å²) in [4.78, 5) is 11.8. The Labute approximate surface area is 112 Å². The van der Waals surface area contributed by atoms with Crippen molar-refractivity contribution in [1.29, 1.82) is 0 Å². The molecule has 3 nitrogen and oxygen atoms in total. The number of carbonyl (C=O) groups is 1. The second-order valence-electron chi connectivity index (χ2n) is 6.06. The summed E-state index contributed by atoms with van der Waals surface area (Å²) in [6.45, 7) is 10.8. The van der Waals surface area contributed by atoms with Crippen molar-refractivity contribution in [3.8, 4) is 0 Å². The van der Waals surface area contributed by atoms with Crippen LogP contribution in [0.4, 0.5) is 0 Å². The summed E-state index contributed by atoms with van der Waals surface area (Å²) < 4.78 is 0. The minimum absolute atomic E-state index is 0. The van der Waals surface area contributed by atoms with E-state index in [2.05, 4.69) is 38.3 Å². The van der Waals surface area contributed by atoms with Gasteiger partial charge in [-0.05, 0) is 37.3 Å². The van der Waals surface area contributed by atoms with Crippen molar-refractivity contribution in [1.82, 2.24) is 10.6 Å². The first kappa shape index (κ1) is 16.7. The summed E-state index contributed by atoms with van der Waals surface area (Å²) in [5.41, 5.74) is 0.214. The molecule has 0 bridgehead atoms. The Balaban J connectivity index is 0.00000256. The van der Waals surface area contributed by atoms with Crippen LogP contribution in [0.2, 0.25) is 0 Å². The lowest BCUT2D eigenvalue weighted by Crippen LogP contribution is -2.43. The standard InChI is InChI=1S/C13H26N2O.ClH/c1-10(13(2,3)4)9-12(16)15-11-5-7-14-8-6-11;/h10-11,14H,5-9H2,1-4H3,(H,15,16);1H. The average Bonchev–Trinajstić information content (AvgIpc) is 2.17. The van der Waals surface area contributed by atoms with Crippen molar-refractivity contribution >= 4 is 18.3 Å².